The number of carbonyl (C=O) groups excluding carboxylic acids is 2. The lowest BCUT2D eigenvalue weighted by Gasteiger charge is -2.18. The van der Waals surface area contributed by atoms with E-state index in [1.165, 1.54) is 17.0 Å². The zero-order valence-corrected chi connectivity index (χ0v) is 15.7. The number of likely N-dealkylation sites (tertiary alicyclic amines) is 1. The fraction of sp³-hybridized carbons (Fsp3) is 0.300. The molecule has 1 unspecified atom stereocenters. The smallest absolute Gasteiger partial charge is 0.416 e. The Balaban J connectivity index is 1.69. The number of carbonyl (C=O) groups is 2. The van der Waals surface area contributed by atoms with Crippen molar-refractivity contribution in [3.63, 3.8) is 0 Å². The van der Waals surface area contributed by atoms with E-state index in [9.17, 15) is 41.0 Å². The van der Waals surface area contributed by atoms with Gasteiger partial charge in [0.05, 0.1) is 16.7 Å². The van der Waals surface area contributed by atoms with Crippen LogP contribution in [0.15, 0.2) is 42.5 Å². The minimum absolute atomic E-state index is 0.114. The normalized spacial score (nSPS) is 17.2. The lowest BCUT2D eigenvalue weighted by atomic mass is 10.1. The zero-order valence-electron chi connectivity index (χ0n) is 15.7. The Hall–Kier alpha value is -3.24. The van der Waals surface area contributed by atoms with Crippen LogP contribution in [0.1, 0.15) is 33.5 Å². The topological polar surface area (TPSA) is 69.6 Å². The van der Waals surface area contributed by atoms with E-state index < -0.39 is 52.6 Å². The molecule has 31 heavy (non-hydrogen) atoms. The van der Waals surface area contributed by atoms with Crippen LogP contribution in [0.5, 0.6) is 5.75 Å². The first-order chi connectivity index (χ1) is 14.4. The molecule has 0 saturated carbocycles. The zero-order chi connectivity index (χ0) is 23.0. The predicted molar refractivity (Wildman–Crippen MR) is 95.8 cm³/mol. The molecule has 1 aliphatic heterocycles. The summed E-state index contributed by atoms with van der Waals surface area (Å²) in [4.78, 5) is 26.1. The van der Waals surface area contributed by atoms with E-state index >= 15 is 0 Å². The van der Waals surface area contributed by atoms with Crippen LogP contribution in [0, 0.1) is 0 Å². The van der Waals surface area contributed by atoms with Crippen LogP contribution in [-0.4, -0.2) is 34.4 Å². The van der Waals surface area contributed by atoms with Crippen LogP contribution in [0.25, 0.3) is 0 Å². The summed E-state index contributed by atoms with van der Waals surface area (Å²) in [6, 6.07) is 5.21. The highest BCUT2D eigenvalue weighted by Gasteiger charge is 2.36. The summed E-state index contributed by atoms with van der Waals surface area (Å²) >= 11 is 0. The fourth-order valence-corrected chi connectivity index (χ4v) is 3.23. The average Bonchev–Trinajstić information content (AvgIpc) is 3.00. The van der Waals surface area contributed by atoms with Gasteiger partial charge in [-0.15, -0.1) is 0 Å². The van der Waals surface area contributed by atoms with E-state index in [1.807, 2.05) is 0 Å². The molecule has 0 aliphatic carbocycles. The summed E-state index contributed by atoms with van der Waals surface area (Å²) in [6.07, 6.45) is -9.15. The number of halogens is 6. The molecule has 5 nitrogen and oxygen atoms in total. The second-order valence-corrected chi connectivity index (χ2v) is 7.00. The molecule has 1 heterocycles. The average molecular weight is 446 g/mol. The van der Waals surface area contributed by atoms with Crippen molar-refractivity contribution in [3.05, 3.63) is 64.7 Å². The van der Waals surface area contributed by atoms with Crippen molar-refractivity contribution in [2.24, 2.45) is 0 Å². The Bertz CT molecular complexity index is 1000. The van der Waals surface area contributed by atoms with Gasteiger partial charge in [0.15, 0.2) is 0 Å². The van der Waals surface area contributed by atoms with E-state index in [0.717, 1.165) is 18.2 Å². The molecule has 0 spiro atoms. The maximum atomic E-state index is 12.8. The number of hydrogen-bond donors (Lipinski definition) is 2. The lowest BCUT2D eigenvalue weighted by Crippen LogP contribution is -2.41. The number of amides is 2. The lowest BCUT2D eigenvalue weighted by molar-refractivity contribution is -0.138. The summed E-state index contributed by atoms with van der Waals surface area (Å²) < 4.78 is 77.1. The summed E-state index contributed by atoms with van der Waals surface area (Å²) in [5, 5.41) is 12.0. The molecule has 3 rings (SSSR count). The summed E-state index contributed by atoms with van der Waals surface area (Å²) in [5.41, 5.74) is -2.40. The molecule has 11 heteroatoms. The number of phenols is 1. The van der Waals surface area contributed by atoms with E-state index in [1.54, 1.807) is 0 Å². The van der Waals surface area contributed by atoms with Crippen LogP contribution in [0.3, 0.4) is 0 Å². The van der Waals surface area contributed by atoms with Crippen LogP contribution in [-0.2, 0) is 23.7 Å². The molecule has 2 aromatic carbocycles. The van der Waals surface area contributed by atoms with Gasteiger partial charge >= 0.3 is 12.4 Å². The molecule has 0 aromatic heterocycles. The number of phenolic OH excluding ortho intramolecular Hbond substituents is 1. The molecule has 2 N–H and O–H groups in total. The van der Waals surface area contributed by atoms with Crippen molar-refractivity contribution in [3.8, 4) is 5.75 Å². The quantitative estimate of drug-likeness (QED) is 0.699. The monoisotopic (exact) mass is 446 g/mol. The molecule has 1 atom stereocenters. The van der Waals surface area contributed by atoms with Gasteiger partial charge in [-0.25, -0.2) is 0 Å². The molecule has 166 valence electrons. The Morgan fingerprint density at radius 2 is 1.68 bits per heavy atom. The molecule has 0 bridgehead atoms. The van der Waals surface area contributed by atoms with Gasteiger partial charge < -0.3 is 15.3 Å². The first kappa shape index (κ1) is 22.4. The highest BCUT2D eigenvalue weighted by Crippen LogP contribution is 2.33. The largest absolute Gasteiger partial charge is 0.507 e. The van der Waals surface area contributed by atoms with Crippen molar-refractivity contribution in [2.75, 3.05) is 6.54 Å². The van der Waals surface area contributed by atoms with E-state index in [4.69, 9.17) is 0 Å². The molecule has 2 amide bonds. The van der Waals surface area contributed by atoms with Gasteiger partial charge in [0.25, 0.3) is 5.91 Å². The van der Waals surface area contributed by atoms with Crippen molar-refractivity contribution in [2.45, 2.75) is 31.4 Å². The first-order valence-corrected chi connectivity index (χ1v) is 9.02. The van der Waals surface area contributed by atoms with Gasteiger partial charge in [-0.05, 0) is 42.3 Å². The van der Waals surface area contributed by atoms with Crippen molar-refractivity contribution >= 4 is 11.8 Å². The molecule has 1 aliphatic rings. The number of nitrogens with one attached hydrogen (secondary N) is 1. The van der Waals surface area contributed by atoms with Crippen LogP contribution >= 0.6 is 0 Å². The predicted octanol–water partition coefficient (Wildman–Crippen LogP) is 3.96. The van der Waals surface area contributed by atoms with Gasteiger partial charge in [0, 0.05) is 13.1 Å². The number of aromatic hydroxyl groups is 1. The SMILES string of the molecule is O=C(NC1CCN(Cc2cccc(C(F)(F)F)c2)C1=O)c1cc(C(F)(F)F)ccc1O. The first-order valence-electron chi connectivity index (χ1n) is 9.02. The van der Waals surface area contributed by atoms with Crippen molar-refractivity contribution < 1.29 is 41.0 Å². The van der Waals surface area contributed by atoms with Gasteiger partial charge in [-0.3, -0.25) is 9.59 Å². The standard InChI is InChI=1S/C20H16F6N2O3/c21-19(22,23)12-3-1-2-11(8-12)10-28-7-6-15(18(28)31)27-17(30)14-9-13(20(24,25)26)4-5-16(14)29/h1-5,8-9,15,29H,6-7,10H2,(H,27,30). The molecular weight excluding hydrogens is 430 g/mol. The number of rotatable bonds is 4. The summed E-state index contributed by atoms with van der Waals surface area (Å²) in [6.45, 7) is 0.0124. The minimum atomic E-state index is -4.73. The number of alkyl halides is 6. The molecule has 1 fully saturated rings. The van der Waals surface area contributed by atoms with Gasteiger partial charge in [-0.1, -0.05) is 12.1 Å². The number of hydrogen-bond acceptors (Lipinski definition) is 3. The van der Waals surface area contributed by atoms with E-state index in [0.29, 0.717) is 12.1 Å². The molecular formula is C20H16F6N2O3. The van der Waals surface area contributed by atoms with Gasteiger partial charge in [-0.2, -0.15) is 26.3 Å². The Morgan fingerprint density at radius 3 is 2.32 bits per heavy atom. The highest BCUT2D eigenvalue weighted by molar-refractivity contribution is 6.00. The highest BCUT2D eigenvalue weighted by atomic mass is 19.4. The maximum absolute atomic E-state index is 12.8. The second-order valence-electron chi connectivity index (χ2n) is 7.00. The Kier molecular flexibility index (Phi) is 5.88. The number of nitrogens with zero attached hydrogens (tertiary/aromatic N) is 1. The third-order valence-electron chi connectivity index (χ3n) is 4.80. The summed E-state index contributed by atoms with van der Waals surface area (Å²) in [7, 11) is 0. The van der Waals surface area contributed by atoms with Crippen molar-refractivity contribution in [1.29, 1.82) is 0 Å². The maximum Gasteiger partial charge on any atom is 0.416 e. The Morgan fingerprint density at radius 1 is 1.03 bits per heavy atom. The van der Waals surface area contributed by atoms with E-state index in [2.05, 4.69) is 5.32 Å². The number of benzene rings is 2. The third kappa shape index (κ3) is 5.09. The molecule has 0 radical (unpaired) electrons. The van der Waals surface area contributed by atoms with Gasteiger partial charge in [0.1, 0.15) is 11.8 Å². The van der Waals surface area contributed by atoms with Crippen LogP contribution in [0.4, 0.5) is 26.3 Å². The van der Waals surface area contributed by atoms with Gasteiger partial charge in [0.2, 0.25) is 5.91 Å². The third-order valence-corrected chi connectivity index (χ3v) is 4.80. The van der Waals surface area contributed by atoms with E-state index in [-0.39, 0.29) is 25.1 Å². The van der Waals surface area contributed by atoms with Crippen LogP contribution in [0.2, 0.25) is 0 Å². The second kappa shape index (κ2) is 8.12. The van der Waals surface area contributed by atoms with Crippen molar-refractivity contribution in [1.82, 2.24) is 10.2 Å². The Labute approximate surface area is 172 Å². The summed E-state index contributed by atoms with van der Waals surface area (Å²) in [5.74, 6) is -2.34. The molecule has 2 aromatic rings. The minimum Gasteiger partial charge on any atom is -0.507 e. The van der Waals surface area contributed by atoms with Crippen LogP contribution < -0.4 is 5.32 Å². The molecule has 1 saturated heterocycles. The fourth-order valence-electron chi connectivity index (χ4n) is 3.23.